The summed E-state index contributed by atoms with van der Waals surface area (Å²) in [5, 5.41) is 15.8. The van der Waals surface area contributed by atoms with Crippen LogP contribution in [0.15, 0.2) is 54.6 Å². The predicted octanol–water partition coefficient (Wildman–Crippen LogP) is 2.68. The van der Waals surface area contributed by atoms with Crippen molar-refractivity contribution >= 4 is 29.1 Å². The topological polar surface area (TPSA) is 102 Å². The van der Waals surface area contributed by atoms with Gasteiger partial charge in [0.05, 0.1) is 0 Å². The number of urea groups is 1. The maximum atomic E-state index is 12.9. The zero-order valence-electron chi connectivity index (χ0n) is 19.5. The minimum Gasteiger partial charge on any atom is -0.380 e. The second kappa shape index (κ2) is 9.85. The standard InChI is InChI=1S/C26H32N4O4/c1-3-19(20-5-4-6-22(17-20)28-25(33)27-21-9-10-21)8-7-18(2)23(31)29-13-15-30(16-14-29)24(32)26(34)11-12-26/h3-8,17,21,34H,1,9-16H2,2H3,(H2,27,28,33)/b18-7+,19-8+. The maximum absolute atomic E-state index is 12.9. The lowest BCUT2D eigenvalue weighted by Crippen LogP contribution is -2.53. The molecule has 1 heterocycles. The number of carbonyl (C=O) groups excluding carboxylic acids is 3. The number of nitrogens with zero attached hydrogens (tertiary/aromatic N) is 2. The van der Waals surface area contributed by atoms with Crippen molar-refractivity contribution in [2.75, 3.05) is 31.5 Å². The third kappa shape index (κ3) is 5.75. The number of aliphatic hydroxyl groups is 1. The molecule has 3 N–H and O–H groups in total. The minimum absolute atomic E-state index is 0.0796. The van der Waals surface area contributed by atoms with Gasteiger partial charge in [0.2, 0.25) is 5.91 Å². The Kier molecular flexibility index (Phi) is 6.88. The van der Waals surface area contributed by atoms with Gasteiger partial charge in [-0.25, -0.2) is 4.79 Å². The summed E-state index contributed by atoms with van der Waals surface area (Å²) in [6, 6.07) is 7.55. The first-order valence-electron chi connectivity index (χ1n) is 11.8. The largest absolute Gasteiger partial charge is 0.380 e. The van der Waals surface area contributed by atoms with E-state index in [1.165, 1.54) is 0 Å². The van der Waals surface area contributed by atoms with E-state index < -0.39 is 5.60 Å². The Hall–Kier alpha value is -3.39. The van der Waals surface area contributed by atoms with Gasteiger partial charge in [0.15, 0.2) is 0 Å². The normalized spacial score (nSPS) is 19.9. The molecule has 0 radical (unpaired) electrons. The first kappa shape index (κ1) is 23.8. The van der Waals surface area contributed by atoms with Crippen molar-refractivity contribution in [2.24, 2.45) is 0 Å². The van der Waals surface area contributed by atoms with Crippen molar-refractivity contribution in [1.82, 2.24) is 15.1 Å². The van der Waals surface area contributed by atoms with Crippen LogP contribution in [-0.2, 0) is 9.59 Å². The summed E-state index contributed by atoms with van der Waals surface area (Å²) in [5.74, 6) is -0.295. The molecule has 3 aliphatic rings. The molecule has 2 aliphatic carbocycles. The van der Waals surface area contributed by atoms with Crippen LogP contribution in [0.3, 0.4) is 0 Å². The average molecular weight is 465 g/mol. The minimum atomic E-state index is -1.16. The Morgan fingerprint density at radius 3 is 2.38 bits per heavy atom. The maximum Gasteiger partial charge on any atom is 0.319 e. The summed E-state index contributed by atoms with van der Waals surface area (Å²) in [6.07, 6.45) is 8.42. The molecule has 180 valence electrons. The third-order valence-electron chi connectivity index (χ3n) is 6.41. The molecule has 4 rings (SSSR count). The molecule has 3 fully saturated rings. The number of hydrogen-bond acceptors (Lipinski definition) is 4. The molecule has 1 aliphatic heterocycles. The fourth-order valence-corrected chi connectivity index (χ4v) is 3.91. The smallest absolute Gasteiger partial charge is 0.319 e. The molecule has 0 atom stereocenters. The van der Waals surface area contributed by atoms with E-state index in [9.17, 15) is 19.5 Å². The molecule has 0 spiro atoms. The second-order valence-corrected chi connectivity index (χ2v) is 9.25. The quantitative estimate of drug-likeness (QED) is 0.427. The number of piperazine rings is 1. The van der Waals surface area contributed by atoms with Gasteiger partial charge in [0.25, 0.3) is 5.91 Å². The van der Waals surface area contributed by atoms with Crippen LogP contribution in [0, 0.1) is 0 Å². The van der Waals surface area contributed by atoms with Crippen LogP contribution in [0.4, 0.5) is 10.5 Å². The lowest BCUT2D eigenvalue weighted by Gasteiger charge is -2.36. The Bertz CT molecular complexity index is 1040. The van der Waals surface area contributed by atoms with Crippen LogP contribution in [0.1, 0.15) is 38.2 Å². The lowest BCUT2D eigenvalue weighted by molar-refractivity contribution is -0.146. The summed E-state index contributed by atoms with van der Waals surface area (Å²) in [5.41, 5.74) is 1.80. The molecule has 34 heavy (non-hydrogen) atoms. The van der Waals surface area contributed by atoms with Crippen molar-refractivity contribution in [3.05, 3.63) is 60.2 Å². The SMILES string of the molecule is C=C/C(=C\C=C(/C)C(=O)N1CCN(C(=O)C2(O)CC2)CC1)c1cccc(NC(=O)NC2CC2)c1. The second-order valence-electron chi connectivity index (χ2n) is 9.25. The molecule has 0 unspecified atom stereocenters. The highest BCUT2D eigenvalue weighted by Crippen LogP contribution is 2.37. The Morgan fingerprint density at radius 1 is 1.09 bits per heavy atom. The molecular formula is C26H32N4O4. The van der Waals surface area contributed by atoms with Crippen LogP contribution in [0.25, 0.3) is 5.57 Å². The average Bonchev–Trinajstić information content (AvgIpc) is 3.77. The molecule has 2 saturated carbocycles. The van der Waals surface area contributed by atoms with E-state index in [4.69, 9.17) is 0 Å². The number of allylic oxidation sites excluding steroid dienone is 4. The molecule has 0 bridgehead atoms. The molecule has 1 aromatic carbocycles. The predicted molar refractivity (Wildman–Crippen MR) is 131 cm³/mol. The van der Waals surface area contributed by atoms with Gasteiger partial charge in [-0.1, -0.05) is 36.9 Å². The summed E-state index contributed by atoms with van der Waals surface area (Å²) in [6.45, 7) is 7.41. The van der Waals surface area contributed by atoms with Gasteiger partial charge >= 0.3 is 6.03 Å². The van der Waals surface area contributed by atoms with E-state index in [0.717, 1.165) is 24.0 Å². The van der Waals surface area contributed by atoms with Crippen LogP contribution >= 0.6 is 0 Å². The zero-order chi connectivity index (χ0) is 24.3. The molecular weight excluding hydrogens is 432 g/mol. The summed E-state index contributed by atoms with van der Waals surface area (Å²) < 4.78 is 0. The van der Waals surface area contributed by atoms with E-state index in [1.807, 2.05) is 30.3 Å². The van der Waals surface area contributed by atoms with Crippen LogP contribution in [0.2, 0.25) is 0 Å². The number of benzene rings is 1. The highest BCUT2D eigenvalue weighted by atomic mass is 16.3. The van der Waals surface area contributed by atoms with Crippen LogP contribution < -0.4 is 10.6 Å². The summed E-state index contributed by atoms with van der Waals surface area (Å²) >= 11 is 0. The number of rotatable bonds is 7. The highest BCUT2D eigenvalue weighted by Gasteiger charge is 2.50. The monoisotopic (exact) mass is 464 g/mol. The van der Waals surface area contributed by atoms with Crippen LogP contribution in [0.5, 0.6) is 0 Å². The number of anilines is 1. The van der Waals surface area contributed by atoms with Crippen molar-refractivity contribution in [3.8, 4) is 0 Å². The summed E-state index contributed by atoms with van der Waals surface area (Å²) in [7, 11) is 0. The fraction of sp³-hybridized carbons (Fsp3) is 0.423. The van der Waals surface area contributed by atoms with Gasteiger partial charge in [-0.15, -0.1) is 0 Å². The van der Waals surface area contributed by atoms with E-state index in [-0.39, 0.29) is 23.9 Å². The number of hydrogen-bond donors (Lipinski definition) is 3. The first-order chi connectivity index (χ1) is 16.3. The number of nitrogens with one attached hydrogen (secondary N) is 2. The molecule has 8 heteroatoms. The van der Waals surface area contributed by atoms with E-state index in [2.05, 4.69) is 17.2 Å². The number of carbonyl (C=O) groups is 3. The lowest BCUT2D eigenvalue weighted by atomic mass is 10.0. The Balaban J connectivity index is 1.36. The molecule has 0 aromatic heterocycles. The van der Waals surface area contributed by atoms with Gasteiger partial charge in [-0.2, -0.15) is 0 Å². The van der Waals surface area contributed by atoms with Crippen LogP contribution in [-0.4, -0.2) is 70.6 Å². The van der Waals surface area contributed by atoms with Gasteiger partial charge in [0.1, 0.15) is 5.60 Å². The van der Waals surface area contributed by atoms with Gasteiger partial charge in [-0.05, 0) is 55.9 Å². The van der Waals surface area contributed by atoms with Crippen molar-refractivity contribution in [2.45, 2.75) is 44.2 Å². The molecule has 1 saturated heterocycles. The summed E-state index contributed by atoms with van der Waals surface area (Å²) in [4.78, 5) is 40.6. The Labute approximate surface area is 200 Å². The van der Waals surface area contributed by atoms with Crippen molar-refractivity contribution in [3.63, 3.8) is 0 Å². The molecule has 4 amide bonds. The first-order valence-corrected chi connectivity index (χ1v) is 11.8. The van der Waals surface area contributed by atoms with Crippen molar-refractivity contribution in [1.29, 1.82) is 0 Å². The Morgan fingerprint density at radius 2 is 1.76 bits per heavy atom. The molecule has 8 nitrogen and oxygen atoms in total. The van der Waals surface area contributed by atoms with E-state index in [1.54, 1.807) is 28.9 Å². The highest BCUT2D eigenvalue weighted by molar-refractivity contribution is 5.94. The van der Waals surface area contributed by atoms with Gasteiger partial charge < -0.3 is 25.5 Å². The fourth-order valence-electron chi connectivity index (χ4n) is 3.91. The number of amides is 4. The van der Waals surface area contributed by atoms with Crippen molar-refractivity contribution < 1.29 is 19.5 Å². The van der Waals surface area contributed by atoms with E-state index >= 15 is 0 Å². The van der Waals surface area contributed by atoms with Gasteiger partial charge in [0, 0.05) is 43.5 Å². The third-order valence-corrected chi connectivity index (χ3v) is 6.41. The van der Waals surface area contributed by atoms with Gasteiger partial charge in [-0.3, -0.25) is 9.59 Å². The molecule has 1 aromatic rings. The van der Waals surface area contributed by atoms with E-state index in [0.29, 0.717) is 50.3 Å². The zero-order valence-corrected chi connectivity index (χ0v) is 19.5.